The van der Waals surface area contributed by atoms with Crippen molar-refractivity contribution in [1.82, 2.24) is 9.80 Å². The summed E-state index contributed by atoms with van der Waals surface area (Å²) in [5, 5.41) is 0. The van der Waals surface area contributed by atoms with Crippen LogP contribution in [0, 0.1) is 12.3 Å². The number of carbonyl (C=O) groups excluding carboxylic acids is 1. The fraction of sp³-hybridized carbons (Fsp3) is 0.727. The minimum absolute atomic E-state index is 0. The Hall–Kier alpha value is -0.920. The molecule has 0 N–H and O–H groups in total. The highest BCUT2D eigenvalue weighted by atomic mass is 35.5. The van der Waals surface area contributed by atoms with Gasteiger partial charge in [0.25, 0.3) is 0 Å². The summed E-state index contributed by atoms with van der Waals surface area (Å²) < 4.78 is 5.19. The summed E-state index contributed by atoms with van der Waals surface area (Å²) in [7, 11) is 2.04. The van der Waals surface area contributed by atoms with Gasteiger partial charge in [0.05, 0.1) is 0 Å². The smallest absolute Gasteiger partial charge is 0.411 e. The second-order valence-electron chi connectivity index (χ2n) is 4.31. The first-order valence-electron chi connectivity index (χ1n) is 5.09. The molecule has 0 aromatic heterocycles. The molecule has 0 aromatic carbocycles. The molecule has 0 aromatic rings. The first-order chi connectivity index (χ1) is 6.94. The van der Waals surface area contributed by atoms with Gasteiger partial charge in [-0.3, -0.25) is 0 Å². The van der Waals surface area contributed by atoms with Gasteiger partial charge < -0.3 is 14.5 Å². The molecular formula is C11H19ClN2O2. The maximum absolute atomic E-state index is 11.7. The van der Waals surface area contributed by atoms with Gasteiger partial charge in [0.1, 0.15) is 0 Å². The number of terminal acetylenes is 1. The van der Waals surface area contributed by atoms with Crippen LogP contribution >= 0.6 is 12.4 Å². The first kappa shape index (κ1) is 15.1. The standard InChI is InChI=1S/C11H18N2O2.ClH/c1-5-11(2,3)15-10(14)13-8-6-12(4)7-9-13;/h1H,6-9H2,2-4H3;1H. The van der Waals surface area contributed by atoms with Gasteiger partial charge >= 0.3 is 6.09 Å². The molecule has 1 fully saturated rings. The molecule has 0 bridgehead atoms. The second-order valence-corrected chi connectivity index (χ2v) is 4.31. The quantitative estimate of drug-likeness (QED) is 0.652. The second kappa shape index (κ2) is 5.97. The van der Waals surface area contributed by atoms with Crippen molar-refractivity contribution in [1.29, 1.82) is 0 Å². The minimum Gasteiger partial charge on any atom is -0.430 e. The SMILES string of the molecule is C#CC(C)(C)OC(=O)N1CCN(C)CC1.Cl. The molecule has 0 aliphatic carbocycles. The van der Waals surface area contributed by atoms with E-state index in [1.165, 1.54) is 0 Å². The number of nitrogens with zero attached hydrogens (tertiary/aromatic N) is 2. The molecule has 5 heteroatoms. The molecule has 0 unspecified atom stereocenters. The molecule has 1 aliphatic rings. The number of amides is 1. The molecule has 1 rings (SSSR count). The number of ether oxygens (including phenoxy) is 1. The van der Waals surface area contributed by atoms with E-state index in [-0.39, 0.29) is 18.5 Å². The number of carbonyl (C=O) groups is 1. The van der Waals surface area contributed by atoms with Gasteiger partial charge in [-0.25, -0.2) is 4.79 Å². The van der Waals surface area contributed by atoms with Crippen LogP contribution in [0.2, 0.25) is 0 Å². The van der Waals surface area contributed by atoms with E-state index in [1.54, 1.807) is 18.7 Å². The Labute approximate surface area is 103 Å². The van der Waals surface area contributed by atoms with Gasteiger partial charge in [0.15, 0.2) is 5.60 Å². The third kappa shape index (κ3) is 4.30. The van der Waals surface area contributed by atoms with Crippen LogP contribution in [-0.4, -0.2) is 54.7 Å². The van der Waals surface area contributed by atoms with E-state index >= 15 is 0 Å². The van der Waals surface area contributed by atoms with E-state index in [0.717, 1.165) is 13.1 Å². The summed E-state index contributed by atoms with van der Waals surface area (Å²) in [6.45, 7) is 6.59. The Morgan fingerprint density at radius 1 is 1.31 bits per heavy atom. The van der Waals surface area contributed by atoms with Crippen LogP contribution in [0.1, 0.15) is 13.8 Å². The fourth-order valence-electron chi connectivity index (χ4n) is 1.30. The van der Waals surface area contributed by atoms with E-state index < -0.39 is 5.60 Å². The van der Waals surface area contributed by atoms with Crippen molar-refractivity contribution in [2.45, 2.75) is 19.4 Å². The van der Waals surface area contributed by atoms with Crippen molar-refractivity contribution in [2.24, 2.45) is 0 Å². The molecule has 0 atom stereocenters. The number of likely N-dealkylation sites (N-methyl/N-ethyl adjacent to an activating group) is 1. The molecule has 1 aliphatic heterocycles. The normalized spacial score (nSPS) is 17.2. The van der Waals surface area contributed by atoms with Crippen molar-refractivity contribution >= 4 is 18.5 Å². The van der Waals surface area contributed by atoms with E-state index in [0.29, 0.717) is 13.1 Å². The summed E-state index contributed by atoms with van der Waals surface area (Å²) >= 11 is 0. The summed E-state index contributed by atoms with van der Waals surface area (Å²) in [5.74, 6) is 2.44. The van der Waals surface area contributed by atoms with Crippen LogP contribution in [0.3, 0.4) is 0 Å². The third-order valence-electron chi connectivity index (χ3n) is 2.45. The molecule has 1 amide bonds. The average Bonchev–Trinajstić information content (AvgIpc) is 2.18. The molecule has 0 saturated carbocycles. The minimum atomic E-state index is -0.819. The van der Waals surface area contributed by atoms with Gasteiger partial charge in [0.2, 0.25) is 0 Å². The Balaban J connectivity index is 0.00000225. The van der Waals surface area contributed by atoms with Crippen molar-refractivity contribution < 1.29 is 9.53 Å². The van der Waals surface area contributed by atoms with E-state index in [1.807, 2.05) is 7.05 Å². The van der Waals surface area contributed by atoms with E-state index in [9.17, 15) is 4.79 Å². The number of hydrogen-bond donors (Lipinski definition) is 0. The maximum Gasteiger partial charge on any atom is 0.411 e. The van der Waals surface area contributed by atoms with Crippen LogP contribution in [0.25, 0.3) is 0 Å². The number of rotatable bonds is 1. The highest BCUT2D eigenvalue weighted by Crippen LogP contribution is 2.11. The molecule has 1 heterocycles. The average molecular weight is 247 g/mol. The number of hydrogen-bond acceptors (Lipinski definition) is 3. The topological polar surface area (TPSA) is 32.8 Å². The molecule has 1 saturated heterocycles. The van der Waals surface area contributed by atoms with Crippen molar-refractivity contribution in [3.8, 4) is 12.3 Å². The third-order valence-corrected chi connectivity index (χ3v) is 2.45. The Bertz CT molecular complexity index is 278. The Kier molecular flexibility index (Phi) is 5.63. The van der Waals surface area contributed by atoms with Gasteiger partial charge in [-0.05, 0) is 20.9 Å². The highest BCUT2D eigenvalue weighted by molar-refractivity contribution is 5.85. The monoisotopic (exact) mass is 246 g/mol. The zero-order chi connectivity index (χ0) is 11.5. The lowest BCUT2D eigenvalue weighted by atomic mass is 10.1. The fourth-order valence-corrected chi connectivity index (χ4v) is 1.30. The summed E-state index contributed by atoms with van der Waals surface area (Å²) in [6.07, 6.45) is 4.94. The molecule has 4 nitrogen and oxygen atoms in total. The van der Waals surface area contributed by atoms with Crippen LogP contribution in [0.5, 0.6) is 0 Å². The van der Waals surface area contributed by atoms with Crippen molar-refractivity contribution in [3.63, 3.8) is 0 Å². The molecule has 0 radical (unpaired) electrons. The Morgan fingerprint density at radius 2 is 1.81 bits per heavy atom. The zero-order valence-electron chi connectivity index (χ0n) is 10.0. The summed E-state index contributed by atoms with van der Waals surface area (Å²) in [4.78, 5) is 15.5. The van der Waals surface area contributed by atoms with Crippen LogP contribution < -0.4 is 0 Å². The molecule has 16 heavy (non-hydrogen) atoms. The molecule has 92 valence electrons. The predicted molar refractivity (Wildman–Crippen MR) is 65.7 cm³/mol. The van der Waals surface area contributed by atoms with Gasteiger partial charge in [0, 0.05) is 26.2 Å². The molecular weight excluding hydrogens is 228 g/mol. The van der Waals surface area contributed by atoms with Gasteiger partial charge in [-0.15, -0.1) is 18.8 Å². The highest BCUT2D eigenvalue weighted by Gasteiger charge is 2.26. The van der Waals surface area contributed by atoms with Gasteiger partial charge in [-0.2, -0.15) is 0 Å². The summed E-state index contributed by atoms with van der Waals surface area (Å²) in [6, 6.07) is 0. The van der Waals surface area contributed by atoms with Crippen LogP contribution in [0.4, 0.5) is 4.79 Å². The van der Waals surface area contributed by atoms with Crippen LogP contribution in [0.15, 0.2) is 0 Å². The number of piperazine rings is 1. The van der Waals surface area contributed by atoms with E-state index in [4.69, 9.17) is 11.2 Å². The lowest BCUT2D eigenvalue weighted by Gasteiger charge is -2.33. The maximum atomic E-state index is 11.7. The Morgan fingerprint density at radius 3 is 2.25 bits per heavy atom. The zero-order valence-corrected chi connectivity index (χ0v) is 10.8. The van der Waals surface area contributed by atoms with Crippen molar-refractivity contribution in [2.75, 3.05) is 33.2 Å². The van der Waals surface area contributed by atoms with E-state index in [2.05, 4.69) is 10.8 Å². The van der Waals surface area contributed by atoms with Gasteiger partial charge in [-0.1, -0.05) is 5.92 Å². The lowest BCUT2D eigenvalue weighted by Crippen LogP contribution is -2.48. The van der Waals surface area contributed by atoms with Crippen molar-refractivity contribution in [3.05, 3.63) is 0 Å². The number of halogens is 1. The molecule has 0 spiro atoms. The first-order valence-corrected chi connectivity index (χ1v) is 5.09. The largest absolute Gasteiger partial charge is 0.430 e. The summed E-state index contributed by atoms with van der Waals surface area (Å²) in [5.41, 5.74) is -0.819. The van der Waals surface area contributed by atoms with Crippen LogP contribution in [-0.2, 0) is 4.74 Å². The predicted octanol–water partition coefficient (Wildman–Crippen LogP) is 1.20. The lowest BCUT2D eigenvalue weighted by molar-refractivity contribution is 0.0351.